The molecule has 0 aliphatic carbocycles. The van der Waals surface area contributed by atoms with Gasteiger partial charge in [0.05, 0.1) is 19.1 Å². The minimum atomic E-state index is -0.506. The number of carbonyl (C=O) groups excluding carboxylic acids is 1. The van der Waals surface area contributed by atoms with E-state index in [9.17, 15) is 14.9 Å². The second-order valence-corrected chi connectivity index (χ2v) is 4.08. The second kappa shape index (κ2) is 7.32. The van der Waals surface area contributed by atoms with E-state index in [4.69, 9.17) is 4.74 Å². The smallest absolute Gasteiger partial charge is 0.333 e. The molecule has 1 rings (SSSR count). The molecule has 0 aliphatic heterocycles. The van der Waals surface area contributed by atoms with Crippen molar-refractivity contribution in [3.8, 4) is 5.75 Å². The molecule has 0 radical (unpaired) electrons. The molecule has 0 unspecified atom stereocenters. The SMILES string of the molecule is CCCN(CC(=O)OC)c1cccc(OC)c1[N+](=O)[O-]. The number of esters is 1. The van der Waals surface area contributed by atoms with E-state index in [0.717, 1.165) is 6.42 Å². The molecule has 7 nitrogen and oxygen atoms in total. The van der Waals surface area contributed by atoms with Gasteiger partial charge in [0, 0.05) is 6.54 Å². The van der Waals surface area contributed by atoms with Crippen LogP contribution in [-0.2, 0) is 9.53 Å². The van der Waals surface area contributed by atoms with Crippen LogP contribution in [0, 0.1) is 10.1 Å². The van der Waals surface area contributed by atoms with Gasteiger partial charge in [0.25, 0.3) is 0 Å². The molecule has 0 spiro atoms. The molecule has 0 saturated carbocycles. The maximum atomic E-state index is 11.4. The van der Waals surface area contributed by atoms with E-state index in [1.807, 2.05) is 6.92 Å². The van der Waals surface area contributed by atoms with Crippen molar-refractivity contribution in [1.82, 2.24) is 0 Å². The number of nitro groups is 1. The molecule has 0 heterocycles. The number of hydrogen-bond acceptors (Lipinski definition) is 6. The second-order valence-electron chi connectivity index (χ2n) is 4.08. The topological polar surface area (TPSA) is 81.9 Å². The molecule has 0 N–H and O–H groups in total. The molecule has 110 valence electrons. The van der Waals surface area contributed by atoms with Crippen LogP contribution in [0.1, 0.15) is 13.3 Å². The number of carbonyl (C=O) groups is 1. The number of rotatable bonds is 7. The van der Waals surface area contributed by atoms with E-state index in [1.54, 1.807) is 17.0 Å². The van der Waals surface area contributed by atoms with Gasteiger partial charge in [0.2, 0.25) is 0 Å². The number of methoxy groups -OCH3 is 2. The van der Waals surface area contributed by atoms with E-state index in [2.05, 4.69) is 4.74 Å². The highest BCUT2D eigenvalue weighted by molar-refractivity contribution is 5.79. The van der Waals surface area contributed by atoms with Gasteiger partial charge >= 0.3 is 11.7 Å². The molecule has 0 fully saturated rings. The van der Waals surface area contributed by atoms with Gasteiger partial charge in [-0.05, 0) is 18.6 Å². The van der Waals surface area contributed by atoms with Crippen molar-refractivity contribution in [3.05, 3.63) is 28.3 Å². The summed E-state index contributed by atoms with van der Waals surface area (Å²) in [6, 6.07) is 4.77. The number of hydrogen-bond donors (Lipinski definition) is 0. The summed E-state index contributed by atoms with van der Waals surface area (Å²) >= 11 is 0. The average Bonchev–Trinajstić information content (AvgIpc) is 2.45. The third-order valence-corrected chi connectivity index (χ3v) is 2.76. The van der Waals surface area contributed by atoms with Gasteiger partial charge in [-0.25, -0.2) is 0 Å². The standard InChI is InChI=1S/C13H18N2O5/c1-4-8-14(9-12(16)20-3)10-6-5-7-11(19-2)13(10)15(17)18/h5-7H,4,8-9H2,1-3H3. The lowest BCUT2D eigenvalue weighted by Crippen LogP contribution is -2.31. The van der Waals surface area contributed by atoms with Crippen LogP contribution in [0.25, 0.3) is 0 Å². The summed E-state index contributed by atoms with van der Waals surface area (Å²) in [6.45, 7) is 2.39. The fraction of sp³-hybridized carbons (Fsp3) is 0.462. The first-order chi connectivity index (χ1) is 9.54. The van der Waals surface area contributed by atoms with Crippen molar-refractivity contribution in [2.45, 2.75) is 13.3 Å². The Morgan fingerprint density at radius 1 is 1.40 bits per heavy atom. The zero-order valence-corrected chi connectivity index (χ0v) is 11.8. The van der Waals surface area contributed by atoms with Crippen molar-refractivity contribution in [3.63, 3.8) is 0 Å². The van der Waals surface area contributed by atoms with E-state index in [-0.39, 0.29) is 18.0 Å². The van der Waals surface area contributed by atoms with Crippen molar-refractivity contribution in [2.75, 3.05) is 32.2 Å². The summed E-state index contributed by atoms with van der Waals surface area (Å²) in [5.74, 6) is -0.283. The Balaban J connectivity index is 3.24. The molecular formula is C13H18N2O5. The molecule has 1 aromatic carbocycles. The number of ether oxygens (including phenoxy) is 2. The van der Waals surface area contributed by atoms with Crippen molar-refractivity contribution in [2.24, 2.45) is 0 Å². The maximum absolute atomic E-state index is 11.4. The van der Waals surface area contributed by atoms with E-state index in [0.29, 0.717) is 12.2 Å². The zero-order chi connectivity index (χ0) is 15.1. The largest absolute Gasteiger partial charge is 0.490 e. The highest BCUT2D eigenvalue weighted by Gasteiger charge is 2.25. The van der Waals surface area contributed by atoms with E-state index >= 15 is 0 Å². The van der Waals surface area contributed by atoms with Gasteiger partial charge in [-0.15, -0.1) is 0 Å². The average molecular weight is 282 g/mol. The summed E-state index contributed by atoms with van der Waals surface area (Å²) in [5, 5.41) is 11.2. The first kappa shape index (κ1) is 15.7. The van der Waals surface area contributed by atoms with Crippen LogP contribution in [0.4, 0.5) is 11.4 Å². The van der Waals surface area contributed by atoms with Crippen molar-refractivity contribution in [1.29, 1.82) is 0 Å². The van der Waals surface area contributed by atoms with Gasteiger partial charge < -0.3 is 14.4 Å². The number of nitrogens with zero attached hydrogens (tertiary/aromatic N) is 2. The lowest BCUT2D eigenvalue weighted by molar-refractivity contribution is -0.385. The summed E-state index contributed by atoms with van der Waals surface area (Å²) < 4.78 is 9.65. The minimum Gasteiger partial charge on any atom is -0.490 e. The summed E-state index contributed by atoms with van der Waals surface area (Å²) in [4.78, 5) is 23.8. The van der Waals surface area contributed by atoms with Crippen molar-refractivity contribution >= 4 is 17.3 Å². The first-order valence-electron chi connectivity index (χ1n) is 6.18. The zero-order valence-electron chi connectivity index (χ0n) is 11.8. The first-order valence-corrected chi connectivity index (χ1v) is 6.18. The lowest BCUT2D eigenvalue weighted by Gasteiger charge is -2.23. The molecule has 0 atom stereocenters. The molecule has 0 saturated heterocycles. The summed E-state index contributed by atoms with van der Waals surface area (Å²) in [6.07, 6.45) is 0.741. The van der Waals surface area contributed by atoms with Crippen LogP contribution < -0.4 is 9.64 Å². The fourth-order valence-electron chi connectivity index (χ4n) is 1.89. The third kappa shape index (κ3) is 3.59. The Hall–Kier alpha value is -2.31. The molecule has 0 aromatic heterocycles. The predicted molar refractivity (Wildman–Crippen MR) is 74.2 cm³/mol. The monoisotopic (exact) mass is 282 g/mol. The van der Waals surface area contributed by atoms with Gasteiger partial charge in [0.15, 0.2) is 5.75 Å². The molecule has 7 heteroatoms. The molecule has 1 aromatic rings. The molecule has 0 amide bonds. The Morgan fingerprint density at radius 3 is 2.60 bits per heavy atom. The van der Waals surface area contributed by atoms with Crippen LogP contribution in [-0.4, -0.2) is 38.2 Å². The fourth-order valence-corrected chi connectivity index (χ4v) is 1.89. The number of para-hydroxylation sites is 1. The van der Waals surface area contributed by atoms with Crippen LogP contribution in [0.2, 0.25) is 0 Å². The van der Waals surface area contributed by atoms with Crippen molar-refractivity contribution < 1.29 is 19.2 Å². The van der Waals surface area contributed by atoms with Crippen LogP contribution >= 0.6 is 0 Å². The lowest BCUT2D eigenvalue weighted by atomic mass is 10.2. The summed E-state index contributed by atoms with van der Waals surface area (Å²) in [7, 11) is 2.66. The Kier molecular flexibility index (Phi) is 5.76. The third-order valence-electron chi connectivity index (χ3n) is 2.76. The van der Waals surface area contributed by atoms with E-state index in [1.165, 1.54) is 20.3 Å². The normalized spacial score (nSPS) is 9.95. The number of nitro benzene ring substituents is 1. The van der Waals surface area contributed by atoms with Gasteiger partial charge in [0.1, 0.15) is 12.2 Å². The highest BCUT2D eigenvalue weighted by atomic mass is 16.6. The quantitative estimate of drug-likeness (QED) is 0.432. The summed E-state index contributed by atoms with van der Waals surface area (Å²) in [5.41, 5.74) is 0.203. The van der Waals surface area contributed by atoms with Crippen LogP contribution in [0.15, 0.2) is 18.2 Å². The van der Waals surface area contributed by atoms with Gasteiger partial charge in [-0.1, -0.05) is 13.0 Å². The Morgan fingerprint density at radius 2 is 2.10 bits per heavy atom. The Labute approximate surface area is 117 Å². The number of anilines is 1. The predicted octanol–water partition coefficient (Wildman–Crippen LogP) is 1.99. The van der Waals surface area contributed by atoms with Gasteiger partial charge in [-0.3, -0.25) is 14.9 Å². The highest BCUT2D eigenvalue weighted by Crippen LogP contribution is 2.36. The number of benzene rings is 1. The Bertz CT molecular complexity index is 490. The minimum absolute atomic E-state index is 0.0433. The molecule has 0 bridgehead atoms. The molecular weight excluding hydrogens is 264 g/mol. The maximum Gasteiger partial charge on any atom is 0.333 e. The van der Waals surface area contributed by atoms with Crippen LogP contribution in [0.3, 0.4) is 0 Å². The molecule has 0 aliphatic rings. The van der Waals surface area contributed by atoms with E-state index < -0.39 is 10.9 Å². The van der Waals surface area contributed by atoms with Crippen LogP contribution in [0.5, 0.6) is 5.75 Å². The molecule has 20 heavy (non-hydrogen) atoms. The van der Waals surface area contributed by atoms with Gasteiger partial charge in [-0.2, -0.15) is 0 Å².